The Morgan fingerprint density at radius 2 is 1.64 bits per heavy atom. The van der Waals surface area contributed by atoms with Crippen LogP contribution >= 0.6 is 11.3 Å². The first-order valence-corrected chi connectivity index (χ1v) is 14.5. The Morgan fingerprint density at radius 3 is 2.33 bits per heavy atom. The standard InChI is InChI=1S/C31H32N2O5S/c34-27(32-15-17-37-18-16-32)20-33-25-19-26(31(35)36)39-30(25)28(21-7-3-1-4-8-21)29(33)22-11-13-24(14-12-22)38-23-9-5-2-6-10-23/h2,5-6,9-14,19,21H,1,3-4,7-8,15-18,20H2,(H,35,36). The zero-order chi connectivity index (χ0) is 26.8. The van der Waals surface area contributed by atoms with Gasteiger partial charge < -0.3 is 24.0 Å². The Labute approximate surface area is 231 Å². The van der Waals surface area contributed by atoms with Gasteiger partial charge in [-0.15, -0.1) is 11.3 Å². The van der Waals surface area contributed by atoms with Crippen molar-refractivity contribution >= 4 is 33.4 Å². The van der Waals surface area contributed by atoms with Gasteiger partial charge >= 0.3 is 5.97 Å². The number of morpholine rings is 1. The molecule has 202 valence electrons. The number of ether oxygens (including phenoxy) is 2. The maximum absolute atomic E-state index is 13.5. The third kappa shape index (κ3) is 5.31. The van der Waals surface area contributed by atoms with E-state index in [2.05, 4.69) is 16.7 Å². The van der Waals surface area contributed by atoms with Crippen LogP contribution in [0.15, 0.2) is 60.7 Å². The van der Waals surface area contributed by atoms with Gasteiger partial charge in [-0.3, -0.25) is 4.79 Å². The molecule has 2 aromatic carbocycles. The molecule has 0 unspecified atom stereocenters. The van der Waals surface area contributed by atoms with E-state index in [1.807, 2.05) is 47.4 Å². The van der Waals surface area contributed by atoms with E-state index in [9.17, 15) is 14.7 Å². The van der Waals surface area contributed by atoms with Gasteiger partial charge in [0.15, 0.2) is 0 Å². The first-order chi connectivity index (χ1) is 19.1. The molecule has 39 heavy (non-hydrogen) atoms. The van der Waals surface area contributed by atoms with Crippen LogP contribution in [-0.4, -0.2) is 52.8 Å². The first-order valence-electron chi connectivity index (χ1n) is 13.7. The van der Waals surface area contributed by atoms with Crippen LogP contribution in [0.5, 0.6) is 11.5 Å². The molecule has 4 aromatic rings. The molecule has 1 saturated heterocycles. The summed E-state index contributed by atoms with van der Waals surface area (Å²) < 4.78 is 14.5. The Balaban J connectivity index is 1.46. The lowest BCUT2D eigenvalue weighted by Gasteiger charge is -2.28. The van der Waals surface area contributed by atoms with Gasteiger partial charge in [-0.05, 0) is 72.4 Å². The fraction of sp³-hybridized carbons (Fsp3) is 0.355. The van der Waals surface area contributed by atoms with Gasteiger partial charge in [0.1, 0.15) is 22.9 Å². The molecule has 0 atom stereocenters. The van der Waals surface area contributed by atoms with Crippen molar-refractivity contribution in [2.45, 2.75) is 44.6 Å². The van der Waals surface area contributed by atoms with E-state index in [4.69, 9.17) is 9.47 Å². The van der Waals surface area contributed by atoms with Gasteiger partial charge in [0.2, 0.25) is 5.91 Å². The SMILES string of the molecule is O=C(O)c1cc2c(s1)c(C1CCCCC1)c(-c1ccc(Oc3ccccc3)cc1)n2CC(=O)N1CCOCC1. The molecule has 1 saturated carbocycles. The van der Waals surface area contributed by atoms with Gasteiger partial charge in [0.05, 0.1) is 29.1 Å². The Kier molecular flexibility index (Phi) is 7.39. The molecule has 0 spiro atoms. The average Bonchev–Trinajstić information content (AvgIpc) is 3.53. The zero-order valence-electron chi connectivity index (χ0n) is 21.8. The number of benzene rings is 2. The second-order valence-electron chi connectivity index (χ2n) is 10.2. The molecule has 0 bridgehead atoms. The quantitative estimate of drug-likeness (QED) is 0.278. The van der Waals surface area contributed by atoms with Crippen LogP contribution < -0.4 is 4.74 Å². The maximum Gasteiger partial charge on any atom is 0.345 e. The number of para-hydroxylation sites is 1. The van der Waals surface area contributed by atoms with Crippen molar-refractivity contribution in [1.82, 2.24) is 9.47 Å². The van der Waals surface area contributed by atoms with Crippen molar-refractivity contribution in [3.63, 3.8) is 0 Å². The summed E-state index contributed by atoms with van der Waals surface area (Å²) in [6.45, 7) is 2.39. The molecule has 7 nitrogen and oxygen atoms in total. The molecule has 2 fully saturated rings. The normalized spacial score (nSPS) is 16.5. The number of fused-ring (bicyclic) bond motifs is 1. The van der Waals surface area contributed by atoms with Crippen molar-refractivity contribution in [2.75, 3.05) is 26.3 Å². The summed E-state index contributed by atoms with van der Waals surface area (Å²) in [5.74, 6) is 0.937. The molecule has 2 aromatic heterocycles. The van der Waals surface area contributed by atoms with Gasteiger partial charge in [-0.2, -0.15) is 0 Å². The van der Waals surface area contributed by atoms with Gasteiger partial charge in [0.25, 0.3) is 0 Å². The molecule has 8 heteroatoms. The third-order valence-electron chi connectivity index (χ3n) is 7.76. The molecular formula is C31H32N2O5S. The lowest BCUT2D eigenvalue weighted by molar-refractivity contribution is -0.135. The summed E-state index contributed by atoms with van der Waals surface area (Å²) in [5.41, 5.74) is 4.05. The fourth-order valence-corrected chi connectivity index (χ4v) is 6.98. The van der Waals surface area contributed by atoms with Crippen LogP contribution in [0.1, 0.15) is 53.3 Å². The number of thiophene rings is 1. The average molecular weight is 545 g/mol. The highest BCUT2D eigenvalue weighted by molar-refractivity contribution is 7.21. The van der Waals surface area contributed by atoms with E-state index in [0.717, 1.165) is 58.7 Å². The molecule has 3 heterocycles. The highest BCUT2D eigenvalue weighted by atomic mass is 32.1. The lowest BCUT2D eigenvalue weighted by atomic mass is 9.83. The number of nitrogens with zero attached hydrogens (tertiary/aromatic N) is 2. The number of hydrogen-bond donors (Lipinski definition) is 1. The molecule has 0 radical (unpaired) electrons. The highest BCUT2D eigenvalue weighted by Gasteiger charge is 2.30. The molecule has 2 aliphatic rings. The smallest absolute Gasteiger partial charge is 0.345 e. The lowest BCUT2D eigenvalue weighted by Crippen LogP contribution is -2.42. The minimum Gasteiger partial charge on any atom is -0.477 e. The number of aromatic carboxylic acids is 1. The second-order valence-corrected chi connectivity index (χ2v) is 11.3. The minimum atomic E-state index is -0.930. The topological polar surface area (TPSA) is 81.0 Å². The number of carbonyl (C=O) groups excluding carboxylic acids is 1. The number of aromatic nitrogens is 1. The van der Waals surface area contributed by atoms with Crippen molar-refractivity contribution in [1.29, 1.82) is 0 Å². The number of carboxylic acids is 1. The van der Waals surface area contributed by atoms with Crippen LogP contribution in [0.4, 0.5) is 0 Å². The third-order valence-corrected chi connectivity index (χ3v) is 8.91. The summed E-state index contributed by atoms with van der Waals surface area (Å²) in [4.78, 5) is 27.6. The van der Waals surface area contributed by atoms with Gasteiger partial charge in [0, 0.05) is 13.1 Å². The predicted molar refractivity (Wildman–Crippen MR) is 152 cm³/mol. The number of rotatable bonds is 7. The summed E-state index contributed by atoms with van der Waals surface area (Å²) in [5, 5.41) is 9.82. The molecule has 1 aliphatic heterocycles. The predicted octanol–water partition coefficient (Wildman–Crippen LogP) is 6.77. The fourth-order valence-electron chi connectivity index (χ4n) is 5.85. The van der Waals surface area contributed by atoms with Gasteiger partial charge in [-0.25, -0.2) is 4.79 Å². The summed E-state index contributed by atoms with van der Waals surface area (Å²) >= 11 is 1.33. The Bertz CT molecular complexity index is 1460. The van der Waals surface area contributed by atoms with E-state index in [0.29, 0.717) is 37.1 Å². The number of carboxylic acid groups (broad SMARTS) is 1. The van der Waals surface area contributed by atoms with Gasteiger partial charge in [-0.1, -0.05) is 37.5 Å². The molecule has 1 aliphatic carbocycles. The molecular weight excluding hydrogens is 512 g/mol. The van der Waals surface area contributed by atoms with Crippen molar-refractivity contribution < 1.29 is 24.2 Å². The van der Waals surface area contributed by atoms with Crippen molar-refractivity contribution in [3.8, 4) is 22.8 Å². The Hall–Kier alpha value is -3.62. The number of carbonyl (C=O) groups is 2. The van der Waals surface area contributed by atoms with E-state index < -0.39 is 5.97 Å². The van der Waals surface area contributed by atoms with E-state index in [1.165, 1.54) is 23.3 Å². The van der Waals surface area contributed by atoms with Crippen LogP contribution in [0.2, 0.25) is 0 Å². The number of hydrogen-bond acceptors (Lipinski definition) is 5. The van der Waals surface area contributed by atoms with Crippen molar-refractivity contribution in [3.05, 3.63) is 71.1 Å². The van der Waals surface area contributed by atoms with Crippen LogP contribution in [0, 0.1) is 0 Å². The first kappa shape index (κ1) is 25.6. The summed E-state index contributed by atoms with van der Waals surface area (Å²) in [6.07, 6.45) is 5.68. The molecule has 1 N–H and O–H groups in total. The van der Waals surface area contributed by atoms with E-state index in [-0.39, 0.29) is 12.5 Å². The number of amides is 1. The van der Waals surface area contributed by atoms with Crippen molar-refractivity contribution in [2.24, 2.45) is 0 Å². The summed E-state index contributed by atoms with van der Waals surface area (Å²) in [7, 11) is 0. The van der Waals surface area contributed by atoms with Crippen LogP contribution in [0.25, 0.3) is 21.5 Å². The Morgan fingerprint density at radius 1 is 0.949 bits per heavy atom. The highest BCUT2D eigenvalue weighted by Crippen LogP contribution is 2.47. The largest absolute Gasteiger partial charge is 0.477 e. The van der Waals surface area contributed by atoms with E-state index >= 15 is 0 Å². The minimum absolute atomic E-state index is 0.0266. The summed E-state index contributed by atoms with van der Waals surface area (Å²) in [6, 6.07) is 19.5. The van der Waals surface area contributed by atoms with E-state index in [1.54, 1.807) is 6.07 Å². The molecule has 6 rings (SSSR count). The maximum atomic E-state index is 13.5. The molecule has 1 amide bonds. The van der Waals surface area contributed by atoms with Crippen LogP contribution in [-0.2, 0) is 16.1 Å². The zero-order valence-corrected chi connectivity index (χ0v) is 22.6. The second kappa shape index (κ2) is 11.2. The monoisotopic (exact) mass is 544 g/mol. The van der Waals surface area contributed by atoms with Crippen LogP contribution in [0.3, 0.4) is 0 Å².